The molecule has 5 aromatic rings. The number of nitrogens with zero attached hydrogens (tertiary/aromatic N) is 5. The number of nitrogens with one attached hydrogen (secondary N) is 2. The van der Waals surface area contributed by atoms with Crippen LogP contribution in [0.3, 0.4) is 0 Å². The molecule has 1 aliphatic heterocycles. The molecule has 3 heterocycles. The summed E-state index contributed by atoms with van der Waals surface area (Å²) in [6.07, 6.45) is -2.98. The number of amides is 1. The third-order valence-electron chi connectivity index (χ3n) is 13.1. The summed E-state index contributed by atoms with van der Waals surface area (Å²) >= 11 is 0. The molecule has 5 atom stereocenters. The van der Waals surface area contributed by atoms with Crippen LogP contribution in [0.2, 0.25) is 18.1 Å². The highest BCUT2D eigenvalue weighted by Crippen LogP contribution is 2.51. The van der Waals surface area contributed by atoms with Gasteiger partial charge < -0.3 is 41.8 Å². The van der Waals surface area contributed by atoms with E-state index in [2.05, 4.69) is 98.5 Å². The molecule has 16 nitrogen and oxygen atoms in total. The van der Waals surface area contributed by atoms with Crippen molar-refractivity contribution in [1.82, 2.24) is 24.2 Å². The molecule has 2 N–H and O–H groups in total. The molecule has 0 saturated carbocycles. The molecule has 6 rings (SSSR count). The minimum absolute atomic E-state index is 0.00697. The van der Waals surface area contributed by atoms with E-state index in [1.807, 2.05) is 78.2 Å². The number of aromatic nitrogens is 4. The maximum Gasteiger partial charge on any atom is 0.280 e. The number of rotatable bonds is 22. The predicted molar refractivity (Wildman–Crippen MR) is 277 cm³/mol. The van der Waals surface area contributed by atoms with E-state index in [9.17, 15) is 9.59 Å². The van der Waals surface area contributed by atoms with Gasteiger partial charge in [0.25, 0.3) is 14.1 Å². The van der Waals surface area contributed by atoms with Gasteiger partial charge in [0.05, 0.1) is 27.4 Å². The number of aromatic amines is 1. The van der Waals surface area contributed by atoms with E-state index in [4.69, 9.17) is 44.0 Å². The van der Waals surface area contributed by atoms with Gasteiger partial charge in [-0.3, -0.25) is 19.9 Å². The van der Waals surface area contributed by atoms with E-state index < -0.39 is 52.4 Å². The molecule has 1 aliphatic rings. The Morgan fingerprint density at radius 1 is 0.886 bits per heavy atom. The molecule has 0 radical (unpaired) electrons. The highest BCUT2D eigenvalue weighted by molar-refractivity contribution is 7.44. The van der Waals surface area contributed by atoms with Crippen molar-refractivity contribution in [1.29, 1.82) is 0 Å². The number of ether oxygens (including phenoxy) is 4. The van der Waals surface area contributed by atoms with E-state index in [0.717, 1.165) is 16.7 Å². The fourth-order valence-corrected chi connectivity index (χ4v) is 11.5. The quantitative estimate of drug-likeness (QED) is 0.0222. The molecule has 1 amide bonds. The number of aryl methyl sites for hydroxylation is 1. The minimum Gasteiger partial charge on any atom is -0.497 e. The lowest BCUT2D eigenvalue weighted by atomic mass is 9.80. The Hall–Kier alpha value is -5.02. The minimum atomic E-state index is -2.64. The summed E-state index contributed by atoms with van der Waals surface area (Å²) in [5.41, 5.74) is 1.29. The summed E-state index contributed by atoms with van der Waals surface area (Å²) in [5.74, 6) is 1.28. The van der Waals surface area contributed by atoms with Crippen molar-refractivity contribution in [2.24, 2.45) is 5.92 Å². The monoisotopic (exact) mass is 997 g/mol. The summed E-state index contributed by atoms with van der Waals surface area (Å²) in [6, 6.07) is 25.8. The Balaban J connectivity index is 1.56. The number of anilines is 1. The number of carbonyl (C=O) groups is 1. The third kappa shape index (κ3) is 12.0. The Morgan fingerprint density at radius 2 is 1.46 bits per heavy atom. The lowest BCUT2D eigenvalue weighted by Crippen LogP contribution is -2.51. The SMILES string of the molecule is [C-]#[N+]CCOP(OC1[C@@H](COC(c2ccccc2)(c2ccc(OC)cc2)c2ccc(OC)cc2)O[C@@H](Cn2c(C)nc3c(=O)[nH]c(NC(=O)C(C)C)nc32)[C@H]1O[Si](C)(C)C(C)(C)C)N(C(C)C)C(C)C. The summed E-state index contributed by atoms with van der Waals surface area (Å²) in [7, 11) is -1.17. The van der Waals surface area contributed by atoms with Gasteiger partial charge in [-0.05, 0) is 93.7 Å². The maximum atomic E-state index is 13.6. The van der Waals surface area contributed by atoms with Gasteiger partial charge in [-0.2, -0.15) is 4.98 Å². The van der Waals surface area contributed by atoms with E-state index in [0.29, 0.717) is 17.3 Å². The second kappa shape index (κ2) is 23.0. The normalized spacial score (nSPS) is 18.2. The summed E-state index contributed by atoms with van der Waals surface area (Å²) in [4.78, 5) is 42.1. The fraction of sp³-hybridized carbons (Fsp3) is 0.519. The Bertz CT molecular complexity index is 2560. The smallest absolute Gasteiger partial charge is 0.280 e. The van der Waals surface area contributed by atoms with Crippen LogP contribution >= 0.6 is 8.53 Å². The van der Waals surface area contributed by atoms with Crippen LogP contribution in [0.5, 0.6) is 11.5 Å². The van der Waals surface area contributed by atoms with Gasteiger partial charge >= 0.3 is 0 Å². The van der Waals surface area contributed by atoms with E-state index in [1.54, 1.807) is 28.1 Å². The fourth-order valence-electron chi connectivity index (χ4n) is 8.38. The van der Waals surface area contributed by atoms with Gasteiger partial charge in [0.2, 0.25) is 18.4 Å². The first-order valence-electron chi connectivity index (χ1n) is 24.0. The second-order valence-electron chi connectivity index (χ2n) is 20.0. The topological polar surface area (TPSA) is 165 Å². The number of carbonyl (C=O) groups excluding carboxylic acids is 1. The average molecular weight is 998 g/mol. The molecule has 2 aromatic heterocycles. The van der Waals surface area contributed by atoms with Gasteiger partial charge in [-0.15, -0.1) is 0 Å². The van der Waals surface area contributed by atoms with Gasteiger partial charge in [-0.1, -0.05) is 89.2 Å². The first-order valence-corrected chi connectivity index (χ1v) is 28.0. The van der Waals surface area contributed by atoms with Crippen LogP contribution in [0, 0.1) is 19.4 Å². The molecule has 1 saturated heterocycles. The Kier molecular flexibility index (Phi) is 17.9. The molecular weight excluding hydrogens is 926 g/mol. The van der Waals surface area contributed by atoms with Crippen molar-refractivity contribution >= 4 is 39.9 Å². The van der Waals surface area contributed by atoms with Gasteiger partial charge in [0.1, 0.15) is 53.9 Å². The van der Waals surface area contributed by atoms with E-state index in [-0.39, 0.29) is 72.4 Å². The van der Waals surface area contributed by atoms with Crippen LogP contribution in [0.4, 0.5) is 5.95 Å². The van der Waals surface area contributed by atoms with Gasteiger partial charge in [0, 0.05) is 18.0 Å². The van der Waals surface area contributed by atoms with Crippen LogP contribution in [-0.4, -0.2) is 109 Å². The first kappa shape index (κ1) is 54.3. The Morgan fingerprint density at radius 3 is 1.97 bits per heavy atom. The number of hydrogen-bond donors (Lipinski definition) is 2. The molecule has 1 fully saturated rings. The molecule has 0 bridgehead atoms. The van der Waals surface area contributed by atoms with Crippen LogP contribution in [0.25, 0.3) is 16.0 Å². The number of hydrogen-bond acceptors (Lipinski definition) is 12. The number of benzene rings is 3. The molecule has 0 spiro atoms. The number of H-pyrrole nitrogens is 1. The Labute approximate surface area is 415 Å². The van der Waals surface area contributed by atoms with Gasteiger partial charge in [-0.25, -0.2) is 16.2 Å². The summed E-state index contributed by atoms with van der Waals surface area (Å²) in [5, 5.41) is 2.52. The molecule has 2 unspecified atom stereocenters. The van der Waals surface area contributed by atoms with Gasteiger partial charge in [0.15, 0.2) is 19.5 Å². The molecular formula is C52H72N7O9PSi. The summed E-state index contributed by atoms with van der Waals surface area (Å²) in [6.45, 7) is 32.8. The highest BCUT2D eigenvalue weighted by Gasteiger charge is 2.54. The molecule has 70 heavy (non-hydrogen) atoms. The van der Waals surface area contributed by atoms with E-state index >= 15 is 0 Å². The maximum absolute atomic E-state index is 13.6. The largest absolute Gasteiger partial charge is 0.497 e. The molecule has 3 aromatic carbocycles. The molecule has 0 aliphatic carbocycles. The van der Waals surface area contributed by atoms with Crippen LogP contribution in [-0.2, 0) is 39.9 Å². The summed E-state index contributed by atoms with van der Waals surface area (Å²) < 4.78 is 51.8. The molecule has 18 heteroatoms. The zero-order chi connectivity index (χ0) is 51.1. The van der Waals surface area contributed by atoms with Crippen molar-refractivity contribution in [2.75, 3.05) is 39.3 Å². The second-order valence-corrected chi connectivity index (χ2v) is 26.1. The zero-order valence-corrected chi connectivity index (χ0v) is 45.1. The van der Waals surface area contributed by atoms with Crippen molar-refractivity contribution in [3.63, 3.8) is 0 Å². The van der Waals surface area contributed by atoms with Crippen LogP contribution in [0.15, 0.2) is 83.7 Å². The zero-order valence-electron chi connectivity index (χ0n) is 43.2. The number of fused-ring (bicyclic) bond motifs is 1. The van der Waals surface area contributed by atoms with Crippen molar-refractivity contribution in [3.05, 3.63) is 123 Å². The average Bonchev–Trinajstić information content (AvgIpc) is 3.80. The van der Waals surface area contributed by atoms with Crippen molar-refractivity contribution in [2.45, 2.75) is 136 Å². The lowest BCUT2D eigenvalue weighted by Gasteiger charge is -2.42. The molecule has 378 valence electrons. The number of imidazole rings is 1. The number of methoxy groups -OCH3 is 2. The first-order chi connectivity index (χ1) is 33.1. The van der Waals surface area contributed by atoms with E-state index in [1.165, 1.54) is 0 Å². The highest BCUT2D eigenvalue weighted by atomic mass is 31.2. The standard InChI is InChI=1S/C52H72N7O9PSi/c1-33(2)48(60)56-50-55-47-44(49(61)57-50)54-36(7)58(47)31-42-46(68-70(14,15)51(8,9)10)45(67-69(65-30-29-53-11)59(34(3)4)35(5)6)43(66-42)32-64-52(37-19-17-16-18-20-37,38-21-25-40(62-12)26-22-38)39-23-27-41(63-13)28-24-39/h16-28,33-35,42-43,45-46H,29-32H2,1-10,12-15H3,(H2,55,56,57,60,61)/t42-,43+,45?,46+,69?/m0/s1. The predicted octanol–water partition coefficient (Wildman–Crippen LogP) is 9.87. The third-order valence-corrected chi connectivity index (χ3v) is 19.7. The lowest BCUT2D eigenvalue weighted by molar-refractivity contribution is -0.118. The van der Waals surface area contributed by atoms with Crippen molar-refractivity contribution in [3.8, 4) is 11.5 Å². The van der Waals surface area contributed by atoms with Crippen molar-refractivity contribution < 1.29 is 37.2 Å². The van der Waals surface area contributed by atoms with Crippen LogP contribution in [0.1, 0.15) is 84.8 Å². The van der Waals surface area contributed by atoms with Crippen LogP contribution < -0.4 is 20.3 Å².